The SMILES string of the molecule is CN1C[N+](C)(C)Cc2cc(-c3ncc(-c4ccc(C(=O)O)cc4)o3)ccc21. The van der Waals surface area contributed by atoms with Crippen LogP contribution in [0, 0.1) is 0 Å². The molecular formula is C21H22N3O3+. The van der Waals surface area contributed by atoms with Crippen LogP contribution in [-0.4, -0.2) is 48.4 Å². The van der Waals surface area contributed by atoms with Crippen molar-refractivity contribution in [2.45, 2.75) is 6.54 Å². The molecule has 138 valence electrons. The van der Waals surface area contributed by atoms with Gasteiger partial charge in [-0.3, -0.25) is 0 Å². The molecule has 1 aliphatic rings. The van der Waals surface area contributed by atoms with E-state index >= 15 is 0 Å². The molecule has 0 amide bonds. The number of benzene rings is 2. The molecule has 2 heterocycles. The zero-order chi connectivity index (χ0) is 19.2. The maximum atomic E-state index is 11.0. The second-order valence-corrected chi connectivity index (χ2v) is 7.69. The Labute approximate surface area is 157 Å². The van der Waals surface area contributed by atoms with Crippen molar-refractivity contribution in [2.24, 2.45) is 0 Å². The molecule has 0 fully saturated rings. The molecule has 0 saturated carbocycles. The quantitative estimate of drug-likeness (QED) is 0.718. The summed E-state index contributed by atoms with van der Waals surface area (Å²) in [5.74, 6) is 0.238. The highest BCUT2D eigenvalue weighted by Crippen LogP contribution is 2.33. The largest absolute Gasteiger partial charge is 0.478 e. The highest BCUT2D eigenvalue weighted by molar-refractivity contribution is 5.88. The Bertz CT molecular complexity index is 1010. The smallest absolute Gasteiger partial charge is 0.335 e. The van der Waals surface area contributed by atoms with Crippen LogP contribution in [0.5, 0.6) is 0 Å². The monoisotopic (exact) mass is 364 g/mol. The van der Waals surface area contributed by atoms with Crippen LogP contribution in [0.4, 0.5) is 5.69 Å². The maximum Gasteiger partial charge on any atom is 0.335 e. The van der Waals surface area contributed by atoms with E-state index in [1.165, 1.54) is 11.3 Å². The van der Waals surface area contributed by atoms with Gasteiger partial charge in [0.2, 0.25) is 5.89 Å². The van der Waals surface area contributed by atoms with Gasteiger partial charge in [-0.25, -0.2) is 9.78 Å². The lowest BCUT2D eigenvalue weighted by atomic mass is 10.0. The number of fused-ring (bicyclic) bond motifs is 1. The zero-order valence-electron chi connectivity index (χ0n) is 15.6. The van der Waals surface area contributed by atoms with Crippen molar-refractivity contribution >= 4 is 11.7 Å². The average molecular weight is 364 g/mol. The molecule has 0 saturated heterocycles. The fraction of sp³-hybridized carbons (Fsp3) is 0.238. The van der Waals surface area contributed by atoms with Gasteiger partial charge in [0.25, 0.3) is 0 Å². The second kappa shape index (κ2) is 6.25. The Morgan fingerprint density at radius 1 is 1.15 bits per heavy atom. The Hall–Kier alpha value is -3.12. The van der Waals surface area contributed by atoms with Crippen LogP contribution in [0.2, 0.25) is 0 Å². The van der Waals surface area contributed by atoms with Gasteiger partial charge in [-0.1, -0.05) is 12.1 Å². The summed E-state index contributed by atoms with van der Waals surface area (Å²) < 4.78 is 6.85. The number of nitrogens with zero attached hydrogens (tertiary/aromatic N) is 3. The third kappa shape index (κ3) is 3.31. The molecule has 0 unspecified atom stereocenters. The molecule has 6 heteroatoms. The summed E-state index contributed by atoms with van der Waals surface area (Å²) in [5, 5.41) is 9.01. The summed E-state index contributed by atoms with van der Waals surface area (Å²) in [6.45, 7) is 1.93. The van der Waals surface area contributed by atoms with Crippen LogP contribution in [-0.2, 0) is 6.54 Å². The number of anilines is 1. The number of carbonyl (C=O) groups is 1. The fourth-order valence-electron chi connectivity index (χ4n) is 3.70. The number of carboxylic acids is 1. The highest BCUT2D eigenvalue weighted by atomic mass is 16.4. The maximum absolute atomic E-state index is 11.0. The average Bonchev–Trinajstić information content (AvgIpc) is 3.10. The van der Waals surface area contributed by atoms with E-state index < -0.39 is 5.97 Å². The van der Waals surface area contributed by atoms with Crippen molar-refractivity contribution in [2.75, 3.05) is 32.7 Å². The highest BCUT2D eigenvalue weighted by Gasteiger charge is 2.28. The predicted octanol–water partition coefficient (Wildman–Crippen LogP) is 3.69. The van der Waals surface area contributed by atoms with E-state index in [4.69, 9.17) is 9.52 Å². The van der Waals surface area contributed by atoms with Gasteiger partial charge >= 0.3 is 5.97 Å². The number of aromatic nitrogens is 1. The predicted molar refractivity (Wildman–Crippen MR) is 103 cm³/mol. The van der Waals surface area contributed by atoms with E-state index in [1.807, 2.05) is 6.07 Å². The molecule has 3 aromatic rings. The Morgan fingerprint density at radius 2 is 1.85 bits per heavy atom. The van der Waals surface area contributed by atoms with Gasteiger partial charge in [0, 0.05) is 29.4 Å². The number of quaternary nitrogens is 1. The van der Waals surface area contributed by atoms with Crippen molar-refractivity contribution in [3.8, 4) is 22.8 Å². The third-order valence-electron chi connectivity index (χ3n) is 4.85. The molecule has 2 aromatic carbocycles. The van der Waals surface area contributed by atoms with E-state index in [2.05, 4.69) is 43.2 Å². The van der Waals surface area contributed by atoms with Crippen LogP contribution >= 0.6 is 0 Å². The van der Waals surface area contributed by atoms with E-state index in [9.17, 15) is 4.79 Å². The summed E-state index contributed by atoms with van der Waals surface area (Å²) in [5.41, 5.74) is 4.51. The number of aromatic carboxylic acids is 1. The molecule has 0 aliphatic carbocycles. The molecule has 1 N–H and O–H groups in total. The van der Waals surface area contributed by atoms with E-state index in [1.54, 1.807) is 30.5 Å². The molecule has 0 atom stereocenters. The van der Waals surface area contributed by atoms with Crippen molar-refractivity contribution in [1.29, 1.82) is 0 Å². The first-order chi connectivity index (χ1) is 12.8. The lowest BCUT2D eigenvalue weighted by Gasteiger charge is -2.40. The van der Waals surface area contributed by atoms with Crippen LogP contribution in [0.1, 0.15) is 15.9 Å². The topological polar surface area (TPSA) is 66.6 Å². The minimum Gasteiger partial charge on any atom is -0.478 e. The van der Waals surface area contributed by atoms with Gasteiger partial charge in [-0.2, -0.15) is 0 Å². The van der Waals surface area contributed by atoms with Gasteiger partial charge < -0.3 is 18.9 Å². The molecular weight excluding hydrogens is 342 g/mol. The minimum absolute atomic E-state index is 0.248. The molecule has 0 radical (unpaired) electrons. The van der Waals surface area contributed by atoms with Crippen LogP contribution in [0.3, 0.4) is 0 Å². The van der Waals surface area contributed by atoms with Crippen molar-refractivity contribution in [1.82, 2.24) is 4.98 Å². The number of oxazole rings is 1. The van der Waals surface area contributed by atoms with E-state index in [0.29, 0.717) is 11.7 Å². The molecule has 27 heavy (non-hydrogen) atoms. The Balaban J connectivity index is 1.65. The molecule has 0 bridgehead atoms. The van der Waals surface area contributed by atoms with Gasteiger partial charge in [-0.05, 0) is 30.3 Å². The van der Waals surface area contributed by atoms with Crippen LogP contribution < -0.4 is 4.90 Å². The first kappa shape index (κ1) is 17.3. The van der Waals surface area contributed by atoms with Gasteiger partial charge in [0.1, 0.15) is 6.54 Å². The van der Waals surface area contributed by atoms with Crippen LogP contribution in [0.15, 0.2) is 53.1 Å². The third-order valence-corrected chi connectivity index (χ3v) is 4.85. The first-order valence-corrected chi connectivity index (χ1v) is 8.78. The number of hydrogen-bond acceptors (Lipinski definition) is 4. The molecule has 0 spiro atoms. The summed E-state index contributed by atoms with van der Waals surface area (Å²) in [6.07, 6.45) is 1.68. The second-order valence-electron chi connectivity index (χ2n) is 7.69. The molecule has 1 aliphatic heterocycles. The van der Waals surface area contributed by atoms with Gasteiger partial charge in [-0.15, -0.1) is 0 Å². The summed E-state index contributed by atoms with van der Waals surface area (Å²) in [4.78, 5) is 17.7. The fourth-order valence-corrected chi connectivity index (χ4v) is 3.70. The van der Waals surface area contributed by atoms with Crippen molar-refractivity contribution < 1.29 is 18.8 Å². The summed E-state index contributed by atoms with van der Waals surface area (Å²) in [7, 11) is 6.55. The standard InChI is InChI=1S/C21H21N3O3/c1-23-13-24(2,3)12-17-10-16(8-9-18(17)23)20-22-11-19(27-20)14-4-6-15(7-5-14)21(25)26/h4-11H,12-13H2,1-3H3/p+1. The van der Waals surface area contributed by atoms with Crippen molar-refractivity contribution in [3.63, 3.8) is 0 Å². The number of carboxylic acid groups (broad SMARTS) is 1. The lowest BCUT2D eigenvalue weighted by Crippen LogP contribution is -2.50. The summed E-state index contributed by atoms with van der Waals surface area (Å²) in [6, 6.07) is 12.9. The number of hydrogen-bond donors (Lipinski definition) is 1. The van der Waals surface area contributed by atoms with E-state index in [-0.39, 0.29) is 5.56 Å². The van der Waals surface area contributed by atoms with Gasteiger partial charge in [0.05, 0.1) is 25.9 Å². The Morgan fingerprint density at radius 3 is 2.56 bits per heavy atom. The molecule has 6 nitrogen and oxygen atoms in total. The Kier molecular flexibility index (Phi) is 4.00. The normalized spacial score (nSPS) is 15.4. The van der Waals surface area contributed by atoms with Crippen LogP contribution in [0.25, 0.3) is 22.8 Å². The lowest BCUT2D eigenvalue weighted by molar-refractivity contribution is -0.904. The summed E-state index contributed by atoms with van der Waals surface area (Å²) >= 11 is 0. The van der Waals surface area contributed by atoms with Crippen molar-refractivity contribution in [3.05, 3.63) is 59.8 Å². The first-order valence-electron chi connectivity index (χ1n) is 8.78. The molecule has 4 rings (SSSR count). The van der Waals surface area contributed by atoms with Gasteiger partial charge in [0.15, 0.2) is 12.4 Å². The van der Waals surface area contributed by atoms with E-state index in [0.717, 1.165) is 28.8 Å². The zero-order valence-corrected chi connectivity index (χ0v) is 15.6. The number of rotatable bonds is 3. The molecule has 1 aromatic heterocycles. The minimum atomic E-state index is -0.944.